The molecule has 0 N–H and O–H groups in total. The van der Waals surface area contributed by atoms with Crippen LogP contribution in [-0.4, -0.2) is 35.3 Å². The maximum atomic E-state index is 11.4. The Labute approximate surface area is 124 Å². The highest BCUT2D eigenvalue weighted by Crippen LogP contribution is 2.36. The Bertz CT molecular complexity index is 672. The van der Waals surface area contributed by atoms with Gasteiger partial charge in [0.05, 0.1) is 7.11 Å². The number of benzene rings is 1. The summed E-state index contributed by atoms with van der Waals surface area (Å²) in [5.74, 6) is 1.34. The zero-order chi connectivity index (χ0) is 14.8. The van der Waals surface area contributed by atoms with Gasteiger partial charge in [0, 0.05) is 5.56 Å². The second kappa shape index (κ2) is 5.65. The van der Waals surface area contributed by atoms with Gasteiger partial charge in [-0.15, -0.1) is 10.2 Å². The number of ether oxygens (including phenoxy) is 3. The van der Waals surface area contributed by atoms with Gasteiger partial charge in [-0.1, -0.05) is 11.8 Å². The standard InChI is InChI=1S/C13H12N2O5S/c1-7(12(16)17-2)21-13-15-14-11(20-13)8-3-4-9-10(5-8)19-6-18-9/h3-5,7H,6H2,1-2H3/t7-/m0/s1. The first-order chi connectivity index (χ1) is 10.2. The number of fused-ring (bicyclic) bond motifs is 1. The van der Waals surface area contributed by atoms with Crippen LogP contribution in [0.3, 0.4) is 0 Å². The minimum atomic E-state index is -0.417. The first-order valence-electron chi connectivity index (χ1n) is 6.15. The number of rotatable bonds is 4. The van der Waals surface area contributed by atoms with Crippen molar-refractivity contribution in [3.05, 3.63) is 18.2 Å². The van der Waals surface area contributed by atoms with Crippen molar-refractivity contribution < 1.29 is 23.4 Å². The molecule has 0 radical (unpaired) electrons. The average molecular weight is 308 g/mol. The van der Waals surface area contributed by atoms with Gasteiger partial charge >= 0.3 is 5.97 Å². The molecule has 0 unspecified atom stereocenters. The monoisotopic (exact) mass is 308 g/mol. The summed E-state index contributed by atoms with van der Waals surface area (Å²) in [7, 11) is 1.34. The molecule has 0 spiro atoms. The van der Waals surface area contributed by atoms with E-state index >= 15 is 0 Å². The molecular formula is C13H12N2O5S. The van der Waals surface area contributed by atoms with E-state index in [2.05, 4.69) is 14.9 Å². The molecule has 0 fully saturated rings. The van der Waals surface area contributed by atoms with Crippen LogP contribution in [0.25, 0.3) is 11.5 Å². The average Bonchev–Trinajstić information content (AvgIpc) is 3.14. The lowest BCUT2D eigenvalue weighted by Gasteiger charge is -2.04. The molecular weight excluding hydrogens is 296 g/mol. The van der Waals surface area contributed by atoms with Crippen molar-refractivity contribution in [2.24, 2.45) is 0 Å². The highest BCUT2D eigenvalue weighted by Gasteiger charge is 2.20. The van der Waals surface area contributed by atoms with Gasteiger partial charge in [-0.2, -0.15) is 0 Å². The van der Waals surface area contributed by atoms with Crippen LogP contribution >= 0.6 is 11.8 Å². The van der Waals surface area contributed by atoms with Gasteiger partial charge in [-0.3, -0.25) is 4.79 Å². The fourth-order valence-electron chi connectivity index (χ4n) is 1.77. The van der Waals surface area contributed by atoms with Crippen molar-refractivity contribution in [3.63, 3.8) is 0 Å². The van der Waals surface area contributed by atoms with E-state index in [1.807, 2.05) is 0 Å². The number of nitrogens with zero attached hydrogens (tertiary/aromatic N) is 2. The van der Waals surface area contributed by atoms with Crippen LogP contribution in [0.2, 0.25) is 0 Å². The number of hydrogen-bond donors (Lipinski definition) is 0. The molecule has 7 nitrogen and oxygen atoms in total. The summed E-state index contributed by atoms with van der Waals surface area (Å²) in [6, 6.07) is 5.36. The number of esters is 1. The molecule has 1 atom stereocenters. The lowest BCUT2D eigenvalue weighted by Crippen LogP contribution is -2.14. The summed E-state index contributed by atoms with van der Waals surface area (Å²) in [5.41, 5.74) is 0.726. The SMILES string of the molecule is COC(=O)[C@H](C)Sc1nnc(-c2ccc3c(c2)OCO3)o1. The summed E-state index contributed by atoms with van der Waals surface area (Å²) in [6.07, 6.45) is 0. The molecule has 3 rings (SSSR count). The first kappa shape index (κ1) is 13.7. The third-order valence-corrected chi connectivity index (χ3v) is 3.75. The summed E-state index contributed by atoms with van der Waals surface area (Å²) >= 11 is 1.15. The third-order valence-electron chi connectivity index (χ3n) is 2.84. The molecule has 0 saturated heterocycles. The summed E-state index contributed by atoms with van der Waals surface area (Å²) < 4.78 is 20.7. The van der Waals surface area contributed by atoms with Crippen LogP contribution in [-0.2, 0) is 9.53 Å². The van der Waals surface area contributed by atoms with Crippen LogP contribution in [0.15, 0.2) is 27.8 Å². The lowest BCUT2D eigenvalue weighted by atomic mass is 10.2. The van der Waals surface area contributed by atoms with E-state index in [1.165, 1.54) is 7.11 Å². The summed E-state index contributed by atoms with van der Waals surface area (Å²) in [4.78, 5) is 11.4. The molecule has 0 saturated carbocycles. The van der Waals surface area contributed by atoms with Gasteiger partial charge < -0.3 is 18.6 Å². The Morgan fingerprint density at radius 3 is 2.95 bits per heavy atom. The van der Waals surface area contributed by atoms with Crippen molar-refractivity contribution in [2.45, 2.75) is 17.4 Å². The van der Waals surface area contributed by atoms with Crippen LogP contribution in [0, 0.1) is 0 Å². The number of carbonyl (C=O) groups is 1. The minimum Gasteiger partial charge on any atom is -0.468 e. The molecule has 8 heteroatoms. The van der Waals surface area contributed by atoms with E-state index in [4.69, 9.17) is 13.9 Å². The van der Waals surface area contributed by atoms with Crippen molar-refractivity contribution in [3.8, 4) is 23.0 Å². The van der Waals surface area contributed by atoms with Crippen molar-refractivity contribution in [2.75, 3.05) is 13.9 Å². The number of carbonyl (C=O) groups excluding carboxylic acids is 1. The molecule has 2 heterocycles. The molecule has 0 bridgehead atoms. The first-order valence-corrected chi connectivity index (χ1v) is 7.03. The van der Waals surface area contributed by atoms with E-state index < -0.39 is 5.25 Å². The fraction of sp³-hybridized carbons (Fsp3) is 0.308. The molecule has 1 aromatic heterocycles. The number of aromatic nitrogens is 2. The van der Waals surface area contributed by atoms with Gasteiger partial charge in [0.2, 0.25) is 12.7 Å². The lowest BCUT2D eigenvalue weighted by molar-refractivity contribution is -0.139. The molecule has 0 aliphatic carbocycles. The normalized spacial score (nSPS) is 14.0. The molecule has 1 aliphatic rings. The Kier molecular flexibility index (Phi) is 3.70. The zero-order valence-corrected chi connectivity index (χ0v) is 12.2. The smallest absolute Gasteiger partial charge is 0.319 e. The maximum absolute atomic E-state index is 11.4. The maximum Gasteiger partial charge on any atom is 0.319 e. The van der Waals surface area contributed by atoms with Crippen molar-refractivity contribution in [1.29, 1.82) is 0 Å². The molecule has 0 amide bonds. The van der Waals surface area contributed by atoms with Gasteiger partial charge in [0.1, 0.15) is 5.25 Å². The van der Waals surface area contributed by atoms with Crippen LogP contribution in [0.5, 0.6) is 11.5 Å². The molecule has 1 aliphatic heterocycles. The largest absolute Gasteiger partial charge is 0.468 e. The predicted octanol–water partition coefficient (Wildman–Crippen LogP) is 2.12. The number of methoxy groups -OCH3 is 1. The number of thioether (sulfide) groups is 1. The van der Waals surface area contributed by atoms with Crippen molar-refractivity contribution >= 4 is 17.7 Å². The van der Waals surface area contributed by atoms with E-state index in [9.17, 15) is 4.79 Å². The minimum absolute atomic E-state index is 0.209. The third kappa shape index (κ3) is 2.80. The molecule has 110 valence electrons. The van der Waals surface area contributed by atoms with Gasteiger partial charge in [-0.05, 0) is 25.1 Å². The van der Waals surface area contributed by atoms with E-state index in [-0.39, 0.29) is 12.8 Å². The fourth-order valence-corrected chi connectivity index (χ4v) is 2.48. The number of hydrogen-bond acceptors (Lipinski definition) is 8. The predicted molar refractivity (Wildman–Crippen MR) is 73.2 cm³/mol. The Morgan fingerprint density at radius 1 is 1.33 bits per heavy atom. The Balaban J connectivity index is 1.77. The van der Waals surface area contributed by atoms with Crippen molar-refractivity contribution in [1.82, 2.24) is 10.2 Å². The van der Waals surface area contributed by atoms with Crippen LogP contribution in [0.4, 0.5) is 0 Å². The zero-order valence-electron chi connectivity index (χ0n) is 11.4. The topological polar surface area (TPSA) is 83.7 Å². The Hall–Kier alpha value is -2.22. The molecule has 1 aromatic carbocycles. The quantitative estimate of drug-likeness (QED) is 0.627. The Morgan fingerprint density at radius 2 is 2.14 bits per heavy atom. The highest BCUT2D eigenvalue weighted by molar-refractivity contribution is 8.00. The van der Waals surface area contributed by atoms with E-state index in [0.29, 0.717) is 22.6 Å². The highest BCUT2D eigenvalue weighted by atomic mass is 32.2. The second-order valence-electron chi connectivity index (χ2n) is 4.22. The van der Waals surface area contributed by atoms with Crippen LogP contribution < -0.4 is 9.47 Å². The van der Waals surface area contributed by atoms with Gasteiger partial charge in [0.15, 0.2) is 11.5 Å². The van der Waals surface area contributed by atoms with E-state index in [1.54, 1.807) is 25.1 Å². The van der Waals surface area contributed by atoms with Crippen LogP contribution in [0.1, 0.15) is 6.92 Å². The summed E-state index contributed by atoms with van der Waals surface area (Å²) in [5, 5.41) is 7.76. The van der Waals surface area contributed by atoms with E-state index in [0.717, 1.165) is 17.3 Å². The summed E-state index contributed by atoms with van der Waals surface area (Å²) in [6.45, 7) is 1.92. The molecule has 21 heavy (non-hydrogen) atoms. The second-order valence-corrected chi connectivity index (χ2v) is 5.52. The molecule has 2 aromatic rings. The van der Waals surface area contributed by atoms with Gasteiger partial charge in [-0.25, -0.2) is 0 Å². The van der Waals surface area contributed by atoms with Gasteiger partial charge in [0.25, 0.3) is 5.22 Å².